The SMILES string of the molecule is O=C(OCc1cccc(O)c1O)c1ccc2cc(O)c(CO)cc2c1. The van der Waals surface area contributed by atoms with E-state index >= 15 is 0 Å². The molecule has 3 aromatic carbocycles. The fraction of sp³-hybridized carbons (Fsp3) is 0.105. The van der Waals surface area contributed by atoms with Crippen molar-refractivity contribution in [1.82, 2.24) is 0 Å². The first-order valence-electron chi connectivity index (χ1n) is 7.53. The van der Waals surface area contributed by atoms with Gasteiger partial charge in [0.15, 0.2) is 11.5 Å². The standard InChI is InChI=1S/C19H16O6/c20-9-15-7-14-6-12(5-4-11(14)8-17(15)22)19(24)25-10-13-2-1-3-16(21)18(13)23/h1-8,20-23H,9-10H2. The molecule has 0 aliphatic rings. The smallest absolute Gasteiger partial charge is 0.338 e. The Morgan fingerprint density at radius 1 is 0.880 bits per heavy atom. The summed E-state index contributed by atoms with van der Waals surface area (Å²) in [6, 6.07) is 12.3. The van der Waals surface area contributed by atoms with Gasteiger partial charge in [0.25, 0.3) is 0 Å². The Kier molecular flexibility index (Phi) is 4.45. The number of rotatable bonds is 4. The summed E-state index contributed by atoms with van der Waals surface area (Å²) in [6.07, 6.45) is 0. The van der Waals surface area contributed by atoms with Gasteiger partial charge in [-0.3, -0.25) is 0 Å². The lowest BCUT2D eigenvalue weighted by Crippen LogP contribution is -2.05. The van der Waals surface area contributed by atoms with E-state index in [4.69, 9.17) is 4.74 Å². The van der Waals surface area contributed by atoms with Crippen LogP contribution in [0.1, 0.15) is 21.5 Å². The topological polar surface area (TPSA) is 107 Å². The van der Waals surface area contributed by atoms with E-state index in [9.17, 15) is 25.2 Å². The van der Waals surface area contributed by atoms with E-state index < -0.39 is 5.97 Å². The summed E-state index contributed by atoms with van der Waals surface area (Å²) in [4.78, 5) is 12.2. The van der Waals surface area contributed by atoms with Crippen molar-refractivity contribution in [3.05, 3.63) is 65.2 Å². The second kappa shape index (κ2) is 6.70. The van der Waals surface area contributed by atoms with Gasteiger partial charge in [-0.05, 0) is 41.1 Å². The summed E-state index contributed by atoms with van der Waals surface area (Å²) >= 11 is 0. The number of aliphatic hydroxyl groups is 1. The first-order chi connectivity index (χ1) is 12.0. The summed E-state index contributed by atoms with van der Waals surface area (Å²) < 4.78 is 5.17. The zero-order valence-electron chi connectivity index (χ0n) is 13.1. The van der Waals surface area contributed by atoms with E-state index in [0.29, 0.717) is 22.1 Å². The molecule has 0 heterocycles. The highest BCUT2D eigenvalue weighted by Crippen LogP contribution is 2.29. The highest BCUT2D eigenvalue weighted by Gasteiger charge is 2.12. The largest absolute Gasteiger partial charge is 0.508 e. The van der Waals surface area contributed by atoms with Gasteiger partial charge in [0.05, 0.1) is 12.2 Å². The van der Waals surface area contributed by atoms with E-state index in [2.05, 4.69) is 0 Å². The first-order valence-corrected chi connectivity index (χ1v) is 7.53. The number of hydrogen-bond acceptors (Lipinski definition) is 6. The Bertz CT molecular complexity index is 948. The fourth-order valence-electron chi connectivity index (χ4n) is 2.51. The Balaban J connectivity index is 1.82. The van der Waals surface area contributed by atoms with Gasteiger partial charge < -0.3 is 25.2 Å². The molecule has 6 nitrogen and oxygen atoms in total. The molecule has 4 N–H and O–H groups in total. The Morgan fingerprint density at radius 3 is 2.44 bits per heavy atom. The molecule has 0 radical (unpaired) electrons. The normalized spacial score (nSPS) is 10.8. The minimum absolute atomic E-state index is 0.00955. The van der Waals surface area contributed by atoms with Crippen molar-refractivity contribution in [1.29, 1.82) is 0 Å². The maximum absolute atomic E-state index is 12.2. The number of phenols is 3. The second-order valence-corrected chi connectivity index (χ2v) is 5.56. The molecule has 3 aromatic rings. The van der Waals surface area contributed by atoms with Crippen molar-refractivity contribution in [2.24, 2.45) is 0 Å². The Labute approximate surface area is 143 Å². The van der Waals surface area contributed by atoms with Gasteiger partial charge in [0.1, 0.15) is 12.4 Å². The zero-order valence-corrected chi connectivity index (χ0v) is 13.1. The van der Waals surface area contributed by atoms with E-state index in [1.165, 1.54) is 18.2 Å². The molecular weight excluding hydrogens is 324 g/mol. The van der Waals surface area contributed by atoms with E-state index in [1.807, 2.05) is 0 Å². The van der Waals surface area contributed by atoms with Crippen LogP contribution in [0, 0.1) is 0 Å². The molecule has 0 aliphatic carbocycles. The number of aliphatic hydroxyl groups excluding tert-OH is 1. The number of fused-ring (bicyclic) bond motifs is 1. The molecule has 3 rings (SSSR count). The van der Waals surface area contributed by atoms with Crippen molar-refractivity contribution in [2.45, 2.75) is 13.2 Å². The molecule has 0 saturated carbocycles. The number of para-hydroxylation sites is 1. The maximum Gasteiger partial charge on any atom is 0.338 e. The highest BCUT2D eigenvalue weighted by atomic mass is 16.5. The number of carbonyl (C=O) groups excluding carboxylic acids is 1. The van der Waals surface area contributed by atoms with Crippen LogP contribution < -0.4 is 0 Å². The quantitative estimate of drug-likeness (QED) is 0.430. The van der Waals surface area contributed by atoms with Gasteiger partial charge in [-0.1, -0.05) is 18.2 Å². The van der Waals surface area contributed by atoms with Crippen LogP contribution in [-0.2, 0) is 18.0 Å². The summed E-state index contributed by atoms with van der Waals surface area (Å²) in [7, 11) is 0. The average Bonchev–Trinajstić information content (AvgIpc) is 2.61. The summed E-state index contributed by atoms with van der Waals surface area (Å²) in [5.41, 5.74) is 0.950. The molecule has 0 unspecified atom stereocenters. The highest BCUT2D eigenvalue weighted by molar-refractivity contribution is 5.96. The number of hydrogen-bond donors (Lipinski definition) is 4. The number of phenolic OH excluding ortho intramolecular Hbond substituents is 2. The van der Waals surface area contributed by atoms with Gasteiger partial charge in [0.2, 0.25) is 0 Å². The summed E-state index contributed by atoms with van der Waals surface area (Å²) in [5, 5.41) is 39.5. The molecule has 128 valence electrons. The lowest BCUT2D eigenvalue weighted by atomic mass is 10.0. The summed E-state index contributed by atoms with van der Waals surface area (Å²) in [6.45, 7) is -0.498. The van der Waals surface area contributed by atoms with Gasteiger partial charge in [-0.25, -0.2) is 4.79 Å². The van der Waals surface area contributed by atoms with Gasteiger partial charge >= 0.3 is 5.97 Å². The maximum atomic E-state index is 12.2. The third kappa shape index (κ3) is 3.34. The van der Waals surface area contributed by atoms with Gasteiger partial charge in [-0.15, -0.1) is 0 Å². The molecule has 6 heteroatoms. The Hall–Kier alpha value is -3.25. The lowest BCUT2D eigenvalue weighted by molar-refractivity contribution is 0.0470. The number of carbonyl (C=O) groups is 1. The third-order valence-corrected chi connectivity index (χ3v) is 3.90. The van der Waals surface area contributed by atoms with E-state index in [1.54, 1.807) is 30.3 Å². The minimum atomic E-state index is -0.594. The van der Waals surface area contributed by atoms with Crippen molar-refractivity contribution >= 4 is 16.7 Å². The predicted molar refractivity (Wildman–Crippen MR) is 90.4 cm³/mol. The fourth-order valence-corrected chi connectivity index (χ4v) is 2.51. The molecule has 0 aliphatic heterocycles. The molecule has 0 fully saturated rings. The lowest BCUT2D eigenvalue weighted by Gasteiger charge is -2.09. The van der Waals surface area contributed by atoms with Crippen molar-refractivity contribution in [2.75, 3.05) is 0 Å². The third-order valence-electron chi connectivity index (χ3n) is 3.90. The molecule has 0 bridgehead atoms. The van der Waals surface area contributed by atoms with Crippen LogP contribution in [0.3, 0.4) is 0 Å². The molecule has 0 saturated heterocycles. The molecule has 25 heavy (non-hydrogen) atoms. The van der Waals surface area contributed by atoms with Crippen LogP contribution in [0.25, 0.3) is 10.8 Å². The Morgan fingerprint density at radius 2 is 1.68 bits per heavy atom. The first kappa shape index (κ1) is 16.6. The van der Waals surface area contributed by atoms with Crippen LogP contribution in [0.15, 0.2) is 48.5 Å². The van der Waals surface area contributed by atoms with Gasteiger partial charge in [-0.2, -0.15) is 0 Å². The zero-order chi connectivity index (χ0) is 18.0. The number of benzene rings is 3. The molecular formula is C19H16O6. The molecule has 0 spiro atoms. The van der Waals surface area contributed by atoms with Crippen molar-refractivity contribution in [3.8, 4) is 17.2 Å². The van der Waals surface area contributed by atoms with Crippen molar-refractivity contribution < 1.29 is 30.0 Å². The van der Waals surface area contributed by atoms with Crippen LogP contribution in [0.2, 0.25) is 0 Å². The summed E-state index contributed by atoms with van der Waals surface area (Å²) in [5.74, 6) is -1.21. The van der Waals surface area contributed by atoms with E-state index in [0.717, 1.165) is 5.39 Å². The van der Waals surface area contributed by atoms with E-state index in [-0.39, 0.29) is 30.5 Å². The van der Waals surface area contributed by atoms with Crippen LogP contribution in [0.4, 0.5) is 0 Å². The van der Waals surface area contributed by atoms with Crippen LogP contribution >= 0.6 is 0 Å². The second-order valence-electron chi connectivity index (χ2n) is 5.56. The number of esters is 1. The minimum Gasteiger partial charge on any atom is -0.508 e. The predicted octanol–water partition coefficient (Wildman–Crippen LogP) is 2.81. The monoisotopic (exact) mass is 340 g/mol. The van der Waals surface area contributed by atoms with Crippen molar-refractivity contribution in [3.63, 3.8) is 0 Å². The average molecular weight is 340 g/mol. The van der Waals surface area contributed by atoms with Crippen LogP contribution in [0.5, 0.6) is 17.2 Å². The molecule has 0 amide bonds. The van der Waals surface area contributed by atoms with Gasteiger partial charge in [0, 0.05) is 11.1 Å². The number of ether oxygens (including phenoxy) is 1. The molecule has 0 atom stereocenters. The molecule has 0 aromatic heterocycles. The van der Waals surface area contributed by atoms with Crippen LogP contribution in [-0.4, -0.2) is 26.4 Å². The number of aromatic hydroxyl groups is 3.